The zero-order valence-corrected chi connectivity index (χ0v) is 14.4. The molecule has 2 heterocycles. The van der Waals surface area contributed by atoms with E-state index in [2.05, 4.69) is 15.8 Å². The molecule has 2 amide bonds. The standard InChI is InChI=1S/C19H17N3O5/c1-12(23)13-9-16(20-10-13)18(24)21-22-19(25)17-8-7-15(27-17)11-26-14-5-3-2-4-6-14/h2-10,20H,11H2,1H3,(H,21,24)(H,22,25). The lowest BCUT2D eigenvalue weighted by atomic mass is 10.2. The average Bonchev–Trinajstić information content (AvgIpc) is 3.35. The van der Waals surface area contributed by atoms with Gasteiger partial charge in [0.2, 0.25) is 0 Å². The van der Waals surface area contributed by atoms with Crippen molar-refractivity contribution in [2.24, 2.45) is 0 Å². The van der Waals surface area contributed by atoms with Crippen LogP contribution in [0, 0.1) is 0 Å². The largest absolute Gasteiger partial charge is 0.486 e. The van der Waals surface area contributed by atoms with Crippen LogP contribution in [-0.4, -0.2) is 22.6 Å². The van der Waals surface area contributed by atoms with Gasteiger partial charge >= 0.3 is 5.91 Å². The molecule has 0 bridgehead atoms. The number of H-pyrrole nitrogens is 1. The normalized spacial score (nSPS) is 10.3. The monoisotopic (exact) mass is 367 g/mol. The molecule has 0 aliphatic heterocycles. The van der Waals surface area contributed by atoms with Gasteiger partial charge in [-0.2, -0.15) is 0 Å². The summed E-state index contributed by atoms with van der Waals surface area (Å²) in [4.78, 5) is 37.9. The van der Waals surface area contributed by atoms with E-state index in [-0.39, 0.29) is 23.8 Å². The van der Waals surface area contributed by atoms with Crippen molar-refractivity contribution in [3.63, 3.8) is 0 Å². The van der Waals surface area contributed by atoms with Crippen LogP contribution in [-0.2, 0) is 6.61 Å². The molecular formula is C19H17N3O5. The smallest absolute Gasteiger partial charge is 0.305 e. The third-order valence-electron chi connectivity index (χ3n) is 3.63. The van der Waals surface area contributed by atoms with Crippen molar-refractivity contribution in [1.82, 2.24) is 15.8 Å². The number of hydrogen-bond acceptors (Lipinski definition) is 5. The highest BCUT2D eigenvalue weighted by molar-refractivity contribution is 6.00. The van der Waals surface area contributed by atoms with Crippen LogP contribution in [0.1, 0.15) is 44.1 Å². The number of hydrazine groups is 1. The van der Waals surface area contributed by atoms with Crippen LogP contribution in [0.2, 0.25) is 0 Å². The summed E-state index contributed by atoms with van der Waals surface area (Å²) in [5, 5.41) is 0. The minimum Gasteiger partial charge on any atom is -0.486 e. The number of amides is 2. The van der Waals surface area contributed by atoms with E-state index < -0.39 is 11.8 Å². The second-order valence-electron chi connectivity index (χ2n) is 5.63. The van der Waals surface area contributed by atoms with Gasteiger partial charge in [0.15, 0.2) is 11.5 Å². The molecule has 0 radical (unpaired) electrons. The predicted octanol–water partition coefficient (Wildman–Crippen LogP) is 2.46. The topological polar surface area (TPSA) is 113 Å². The number of hydrogen-bond donors (Lipinski definition) is 3. The van der Waals surface area contributed by atoms with Gasteiger partial charge < -0.3 is 14.1 Å². The second kappa shape index (κ2) is 8.05. The number of carbonyl (C=O) groups is 3. The number of benzene rings is 1. The second-order valence-corrected chi connectivity index (χ2v) is 5.63. The first kappa shape index (κ1) is 18.0. The van der Waals surface area contributed by atoms with Crippen molar-refractivity contribution in [1.29, 1.82) is 0 Å². The fourth-order valence-electron chi connectivity index (χ4n) is 2.22. The summed E-state index contributed by atoms with van der Waals surface area (Å²) in [5.41, 5.74) is 5.01. The summed E-state index contributed by atoms with van der Waals surface area (Å²) in [6.45, 7) is 1.56. The van der Waals surface area contributed by atoms with Gasteiger partial charge in [0.25, 0.3) is 5.91 Å². The summed E-state index contributed by atoms with van der Waals surface area (Å²) < 4.78 is 10.9. The van der Waals surface area contributed by atoms with Crippen molar-refractivity contribution in [2.45, 2.75) is 13.5 Å². The molecule has 8 nitrogen and oxygen atoms in total. The number of Topliss-reactive ketones (excluding diaryl/α,β-unsaturated/α-hetero) is 1. The molecular weight excluding hydrogens is 350 g/mol. The maximum atomic E-state index is 12.1. The molecule has 8 heteroatoms. The fourth-order valence-corrected chi connectivity index (χ4v) is 2.22. The fraction of sp³-hybridized carbons (Fsp3) is 0.105. The Labute approximate surface area is 154 Å². The van der Waals surface area contributed by atoms with E-state index in [0.717, 1.165) is 0 Å². The zero-order chi connectivity index (χ0) is 19.2. The Balaban J connectivity index is 1.51. The lowest BCUT2D eigenvalue weighted by Crippen LogP contribution is -2.41. The molecule has 0 aliphatic rings. The van der Waals surface area contributed by atoms with Crippen LogP contribution in [0.4, 0.5) is 0 Å². The molecule has 1 aromatic carbocycles. The molecule has 0 fully saturated rings. The Morgan fingerprint density at radius 3 is 2.48 bits per heavy atom. The Kier molecular flexibility index (Phi) is 5.36. The molecule has 0 atom stereocenters. The number of furan rings is 1. The van der Waals surface area contributed by atoms with E-state index in [4.69, 9.17) is 9.15 Å². The molecule has 3 N–H and O–H groups in total. The van der Waals surface area contributed by atoms with E-state index in [0.29, 0.717) is 17.1 Å². The Bertz CT molecular complexity index is 959. The van der Waals surface area contributed by atoms with E-state index in [1.54, 1.807) is 6.07 Å². The highest BCUT2D eigenvalue weighted by Gasteiger charge is 2.15. The van der Waals surface area contributed by atoms with Crippen LogP contribution in [0.15, 0.2) is 59.1 Å². The lowest BCUT2D eigenvalue weighted by molar-refractivity contribution is 0.0826. The van der Waals surface area contributed by atoms with Gasteiger partial charge in [0.1, 0.15) is 23.8 Å². The van der Waals surface area contributed by atoms with Crippen LogP contribution in [0.25, 0.3) is 0 Å². The molecule has 0 aliphatic carbocycles. The number of para-hydroxylation sites is 1. The molecule has 0 spiro atoms. The van der Waals surface area contributed by atoms with Gasteiger partial charge in [-0.3, -0.25) is 25.2 Å². The highest BCUT2D eigenvalue weighted by atomic mass is 16.5. The summed E-state index contributed by atoms with van der Waals surface area (Å²) >= 11 is 0. The van der Waals surface area contributed by atoms with E-state index >= 15 is 0 Å². The Morgan fingerprint density at radius 2 is 1.78 bits per heavy atom. The van der Waals surface area contributed by atoms with E-state index in [1.165, 1.54) is 25.3 Å². The number of carbonyl (C=O) groups excluding carboxylic acids is 3. The maximum absolute atomic E-state index is 12.1. The van der Waals surface area contributed by atoms with Crippen molar-refractivity contribution in [2.75, 3.05) is 0 Å². The third-order valence-corrected chi connectivity index (χ3v) is 3.63. The van der Waals surface area contributed by atoms with Crippen molar-refractivity contribution in [3.05, 3.63) is 77.5 Å². The molecule has 2 aromatic heterocycles. The number of rotatable bonds is 6. The molecule has 0 unspecified atom stereocenters. The summed E-state index contributed by atoms with van der Waals surface area (Å²) in [6, 6.07) is 13.7. The van der Waals surface area contributed by atoms with Gasteiger partial charge in [-0.25, -0.2) is 0 Å². The predicted molar refractivity (Wildman–Crippen MR) is 95.2 cm³/mol. The van der Waals surface area contributed by atoms with Crippen LogP contribution >= 0.6 is 0 Å². The number of ketones is 1. The van der Waals surface area contributed by atoms with E-state index in [1.807, 2.05) is 30.3 Å². The summed E-state index contributed by atoms with van der Waals surface area (Å²) in [6.07, 6.45) is 1.42. The van der Waals surface area contributed by atoms with Crippen LogP contribution < -0.4 is 15.6 Å². The SMILES string of the molecule is CC(=O)c1c[nH]c(C(=O)NNC(=O)c2ccc(COc3ccccc3)o2)c1. The number of nitrogens with one attached hydrogen (secondary N) is 3. The third kappa shape index (κ3) is 4.63. The summed E-state index contributed by atoms with van der Waals surface area (Å²) in [5.74, 6) is -0.204. The van der Waals surface area contributed by atoms with Gasteiger partial charge in [0, 0.05) is 11.8 Å². The molecule has 27 heavy (non-hydrogen) atoms. The zero-order valence-electron chi connectivity index (χ0n) is 14.4. The first-order valence-electron chi connectivity index (χ1n) is 8.09. The lowest BCUT2D eigenvalue weighted by Gasteiger charge is -2.05. The average molecular weight is 367 g/mol. The molecule has 3 rings (SSSR count). The number of ether oxygens (including phenoxy) is 1. The maximum Gasteiger partial charge on any atom is 0.305 e. The quantitative estimate of drug-likeness (QED) is 0.457. The Morgan fingerprint density at radius 1 is 1.04 bits per heavy atom. The van der Waals surface area contributed by atoms with Crippen molar-refractivity contribution in [3.8, 4) is 5.75 Å². The Hall–Kier alpha value is -3.81. The van der Waals surface area contributed by atoms with Crippen LogP contribution in [0.5, 0.6) is 5.75 Å². The van der Waals surface area contributed by atoms with Gasteiger partial charge in [-0.05, 0) is 37.3 Å². The molecule has 138 valence electrons. The van der Waals surface area contributed by atoms with Crippen molar-refractivity contribution >= 4 is 17.6 Å². The number of aromatic amines is 1. The molecule has 0 saturated carbocycles. The number of aromatic nitrogens is 1. The van der Waals surface area contributed by atoms with Crippen LogP contribution in [0.3, 0.4) is 0 Å². The minimum absolute atomic E-state index is 0.0258. The first-order valence-corrected chi connectivity index (χ1v) is 8.09. The highest BCUT2D eigenvalue weighted by Crippen LogP contribution is 2.13. The minimum atomic E-state index is -0.618. The molecule has 3 aromatic rings. The van der Waals surface area contributed by atoms with E-state index in [9.17, 15) is 14.4 Å². The summed E-state index contributed by atoms with van der Waals surface area (Å²) in [7, 11) is 0. The van der Waals surface area contributed by atoms with Gasteiger partial charge in [-0.15, -0.1) is 0 Å². The van der Waals surface area contributed by atoms with Gasteiger partial charge in [-0.1, -0.05) is 18.2 Å². The van der Waals surface area contributed by atoms with Crippen molar-refractivity contribution < 1.29 is 23.5 Å². The molecule has 0 saturated heterocycles. The van der Waals surface area contributed by atoms with Gasteiger partial charge in [0.05, 0.1) is 0 Å². The first-order chi connectivity index (χ1) is 13.0.